The Kier molecular flexibility index (Phi) is 5.31. The lowest BCUT2D eigenvalue weighted by molar-refractivity contribution is -0.520. The Morgan fingerprint density at radius 1 is 1.22 bits per heavy atom. The van der Waals surface area contributed by atoms with Crippen LogP contribution in [-0.2, 0) is 26.0 Å². The van der Waals surface area contributed by atoms with Crippen molar-refractivity contribution in [1.82, 2.24) is 0 Å². The van der Waals surface area contributed by atoms with Gasteiger partial charge in [-0.05, 0) is 30.4 Å². The van der Waals surface area contributed by atoms with Crippen molar-refractivity contribution in [3.8, 4) is 0 Å². The minimum Gasteiger partial charge on any atom is -0.268 e. The van der Waals surface area contributed by atoms with Crippen LogP contribution in [0.1, 0.15) is 33.3 Å². The number of carbonyl (C=O) groups is 1. The van der Waals surface area contributed by atoms with Crippen LogP contribution in [0.3, 0.4) is 0 Å². The van der Waals surface area contributed by atoms with Gasteiger partial charge >= 0.3 is 5.97 Å². The van der Waals surface area contributed by atoms with E-state index in [0.717, 1.165) is 5.56 Å². The lowest BCUT2D eigenvalue weighted by atomic mass is 9.95. The van der Waals surface area contributed by atoms with Crippen LogP contribution in [0.5, 0.6) is 0 Å². The van der Waals surface area contributed by atoms with Gasteiger partial charge in [0.25, 0.3) is 0 Å². The molecule has 0 saturated heterocycles. The Hall–Kier alpha value is -1.39. The first-order chi connectivity index (χ1) is 8.42. The molecule has 1 rings (SSSR count). The monoisotopic (exact) mass is 252 g/mol. The quantitative estimate of drug-likeness (QED) is 0.576. The molecule has 0 amide bonds. The zero-order valence-corrected chi connectivity index (χ0v) is 11.3. The van der Waals surface area contributed by atoms with Crippen molar-refractivity contribution in [2.45, 2.75) is 39.7 Å². The molecule has 1 aromatic rings. The fourth-order valence-electron chi connectivity index (χ4n) is 1.03. The molecule has 0 fully saturated rings. The summed E-state index contributed by atoms with van der Waals surface area (Å²) in [6.07, 6.45) is 0.159. The standard InChI is InChI=1S/C14H20O4/c1-11(2)14(3,4)17-18-16-13(15)10-12-8-6-5-7-9-12/h5-9,11H,10H2,1-4H3. The predicted molar refractivity (Wildman–Crippen MR) is 67.3 cm³/mol. The minimum absolute atomic E-state index is 0.159. The zero-order chi connectivity index (χ0) is 13.6. The molecule has 0 spiro atoms. The van der Waals surface area contributed by atoms with E-state index >= 15 is 0 Å². The van der Waals surface area contributed by atoms with Crippen molar-refractivity contribution in [2.24, 2.45) is 5.92 Å². The van der Waals surface area contributed by atoms with Crippen LogP contribution in [0, 0.1) is 5.92 Å². The molecule has 4 nitrogen and oxygen atoms in total. The molecule has 18 heavy (non-hydrogen) atoms. The highest BCUT2D eigenvalue weighted by atomic mass is 17.5. The topological polar surface area (TPSA) is 44.8 Å². The average Bonchev–Trinajstić information content (AvgIpc) is 2.29. The Labute approximate surface area is 108 Å². The molecule has 0 unspecified atom stereocenters. The SMILES string of the molecule is CC(C)C(C)(C)OOOC(=O)Cc1ccccc1. The van der Waals surface area contributed by atoms with E-state index in [4.69, 9.17) is 4.89 Å². The van der Waals surface area contributed by atoms with Gasteiger partial charge in [-0.25, -0.2) is 4.79 Å². The summed E-state index contributed by atoms with van der Waals surface area (Å²) < 4.78 is 0. The van der Waals surface area contributed by atoms with Crippen molar-refractivity contribution in [1.29, 1.82) is 0 Å². The molecule has 0 aromatic heterocycles. The lowest BCUT2D eigenvalue weighted by Gasteiger charge is -2.25. The van der Waals surface area contributed by atoms with Gasteiger partial charge < -0.3 is 0 Å². The summed E-state index contributed by atoms with van der Waals surface area (Å²) in [5.74, 6) is -0.244. The van der Waals surface area contributed by atoms with Gasteiger partial charge in [0.05, 0.1) is 6.42 Å². The fourth-order valence-corrected chi connectivity index (χ4v) is 1.03. The average molecular weight is 252 g/mol. The van der Waals surface area contributed by atoms with Crippen LogP contribution >= 0.6 is 0 Å². The van der Waals surface area contributed by atoms with Crippen LogP contribution < -0.4 is 0 Å². The lowest BCUT2D eigenvalue weighted by Crippen LogP contribution is -2.31. The number of hydrogen-bond donors (Lipinski definition) is 0. The van der Waals surface area contributed by atoms with E-state index in [-0.39, 0.29) is 12.3 Å². The first kappa shape index (κ1) is 14.7. The maximum absolute atomic E-state index is 11.4. The number of carbonyl (C=O) groups excluding carboxylic acids is 1. The highest BCUT2D eigenvalue weighted by molar-refractivity contribution is 5.71. The van der Waals surface area contributed by atoms with Gasteiger partial charge in [0.15, 0.2) is 0 Å². The molecule has 0 atom stereocenters. The van der Waals surface area contributed by atoms with Gasteiger partial charge in [0.2, 0.25) is 0 Å². The van der Waals surface area contributed by atoms with Crippen molar-refractivity contribution >= 4 is 5.97 Å². The molecule has 1 aromatic carbocycles. The molecular formula is C14H20O4. The Bertz CT molecular complexity index is 371. The first-order valence-electron chi connectivity index (χ1n) is 6.01. The smallest absolute Gasteiger partial charge is 0.268 e. The molecule has 0 aliphatic rings. The Balaban J connectivity index is 2.30. The van der Waals surface area contributed by atoms with Gasteiger partial charge in [-0.15, -0.1) is 0 Å². The minimum atomic E-state index is -0.507. The van der Waals surface area contributed by atoms with E-state index in [1.165, 1.54) is 0 Å². The third-order valence-corrected chi connectivity index (χ3v) is 2.96. The molecule has 0 heterocycles. The first-order valence-corrected chi connectivity index (χ1v) is 6.01. The van der Waals surface area contributed by atoms with E-state index in [1.807, 2.05) is 58.0 Å². The van der Waals surface area contributed by atoms with Gasteiger partial charge in [-0.3, -0.25) is 4.89 Å². The van der Waals surface area contributed by atoms with Gasteiger partial charge in [-0.2, -0.15) is 4.89 Å². The largest absolute Gasteiger partial charge is 0.349 e. The zero-order valence-electron chi connectivity index (χ0n) is 11.3. The molecule has 0 bridgehead atoms. The van der Waals surface area contributed by atoms with E-state index < -0.39 is 11.6 Å². The molecule has 100 valence electrons. The summed E-state index contributed by atoms with van der Waals surface area (Å²) in [7, 11) is 0. The highest BCUT2D eigenvalue weighted by Crippen LogP contribution is 2.20. The van der Waals surface area contributed by atoms with Crippen LogP contribution in [0.15, 0.2) is 30.3 Å². The summed E-state index contributed by atoms with van der Waals surface area (Å²) in [5.41, 5.74) is 0.363. The van der Waals surface area contributed by atoms with E-state index in [9.17, 15) is 4.79 Å². The molecular weight excluding hydrogens is 232 g/mol. The van der Waals surface area contributed by atoms with Crippen LogP contribution in [-0.4, -0.2) is 11.6 Å². The van der Waals surface area contributed by atoms with Crippen molar-refractivity contribution in [3.05, 3.63) is 35.9 Å². The van der Waals surface area contributed by atoms with Gasteiger partial charge in [0, 0.05) is 0 Å². The summed E-state index contributed by atoms with van der Waals surface area (Å²) >= 11 is 0. The van der Waals surface area contributed by atoms with Gasteiger partial charge in [-0.1, -0.05) is 44.2 Å². The van der Waals surface area contributed by atoms with Gasteiger partial charge in [0.1, 0.15) is 5.60 Å². The van der Waals surface area contributed by atoms with Crippen LogP contribution in [0.4, 0.5) is 0 Å². The fraction of sp³-hybridized carbons (Fsp3) is 0.500. The third-order valence-electron chi connectivity index (χ3n) is 2.96. The normalized spacial score (nSPS) is 11.6. The number of rotatable bonds is 6. The highest BCUT2D eigenvalue weighted by Gasteiger charge is 2.25. The summed E-state index contributed by atoms with van der Waals surface area (Å²) in [6.45, 7) is 7.72. The molecule has 0 aliphatic carbocycles. The summed E-state index contributed by atoms with van der Waals surface area (Å²) in [6, 6.07) is 9.31. The second-order valence-electron chi connectivity index (χ2n) is 5.03. The third kappa shape index (κ3) is 4.85. The predicted octanol–water partition coefficient (Wildman–Crippen LogP) is 3.07. The van der Waals surface area contributed by atoms with E-state index in [0.29, 0.717) is 0 Å². The van der Waals surface area contributed by atoms with Crippen molar-refractivity contribution in [2.75, 3.05) is 0 Å². The molecule has 0 saturated carbocycles. The molecule has 0 aliphatic heterocycles. The maximum atomic E-state index is 11.4. The van der Waals surface area contributed by atoms with Crippen molar-refractivity contribution < 1.29 is 19.6 Å². The van der Waals surface area contributed by atoms with Crippen molar-refractivity contribution in [3.63, 3.8) is 0 Å². The molecule has 0 radical (unpaired) electrons. The Morgan fingerprint density at radius 2 is 1.83 bits per heavy atom. The number of benzene rings is 1. The summed E-state index contributed by atoms with van der Waals surface area (Å²) in [4.78, 5) is 21.1. The molecule has 0 N–H and O–H groups in total. The number of hydrogen-bond acceptors (Lipinski definition) is 4. The van der Waals surface area contributed by atoms with Crippen LogP contribution in [0.25, 0.3) is 0 Å². The summed E-state index contributed by atoms with van der Waals surface area (Å²) in [5, 5.41) is 4.54. The second-order valence-corrected chi connectivity index (χ2v) is 5.03. The second kappa shape index (κ2) is 6.52. The maximum Gasteiger partial charge on any atom is 0.349 e. The van der Waals surface area contributed by atoms with Crippen LogP contribution in [0.2, 0.25) is 0 Å². The Morgan fingerprint density at radius 3 is 2.39 bits per heavy atom. The molecule has 4 heteroatoms. The van der Waals surface area contributed by atoms with E-state index in [1.54, 1.807) is 0 Å². The van der Waals surface area contributed by atoms with E-state index in [2.05, 4.69) is 9.93 Å².